The van der Waals surface area contributed by atoms with Gasteiger partial charge in [-0.1, -0.05) is 6.42 Å². The third kappa shape index (κ3) is 3.49. The highest BCUT2D eigenvalue weighted by atomic mass is 16.5. The van der Waals surface area contributed by atoms with Crippen LogP contribution in [0.1, 0.15) is 48.2 Å². The van der Waals surface area contributed by atoms with Gasteiger partial charge in [0.1, 0.15) is 12.4 Å². The first kappa shape index (κ1) is 17.1. The summed E-state index contributed by atoms with van der Waals surface area (Å²) in [5, 5.41) is 8.67. The van der Waals surface area contributed by atoms with Crippen LogP contribution in [0.4, 0.5) is 0 Å². The second kappa shape index (κ2) is 7.53. The number of hydrogen-bond acceptors (Lipinski definition) is 5. The maximum atomic E-state index is 12.8. The van der Waals surface area contributed by atoms with Gasteiger partial charge in [-0.15, -0.1) is 10.2 Å². The Labute approximate surface area is 153 Å². The zero-order valence-electron chi connectivity index (χ0n) is 15.2. The topological polar surface area (TPSA) is 73.1 Å². The summed E-state index contributed by atoms with van der Waals surface area (Å²) in [6.45, 7) is 4.71. The molecule has 2 aromatic heterocycles. The Kier molecular flexibility index (Phi) is 4.97. The van der Waals surface area contributed by atoms with Gasteiger partial charge >= 0.3 is 0 Å². The molecule has 1 amide bonds. The van der Waals surface area contributed by atoms with E-state index in [2.05, 4.69) is 26.7 Å². The largest absolute Gasteiger partial charge is 0.373 e. The van der Waals surface area contributed by atoms with Crippen LogP contribution in [-0.2, 0) is 24.3 Å². The molecule has 7 heteroatoms. The molecule has 1 saturated carbocycles. The van der Waals surface area contributed by atoms with Gasteiger partial charge in [-0.05, 0) is 37.8 Å². The second-order valence-corrected chi connectivity index (χ2v) is 7.28. The molecule has 1 aliphatic heterocycles. The van der Waals surface area contributed by atoms with Gasteiger partial charge in [-0.3, -0.25) is 9.78 Å². The number of fused-ring (bicyclic) bond motifs is 1. The van der Waals surface area contributed by atoms with Gasteiger partial charge in [0.25, 0.3) is 5.91 Å². The second-order valence-electron chi connectivity index (χ2n) is 7.28. The lowest BCUT2D eigenvalue weighted by atomic mass is 9.86. The molecule has 7 nitrogen and oxygen atoms in total. The quantitative estimate of drug-likeness (QED) is 0.821. The smallest absolute Gasteiger partial charge is 0.254 e. The van der Waals surface area contributed by atoms with Gasteiger partial charge in [0.05, 0.1) is 0 Å². The van der Waals surface area contributed by atoms with Crippen LogP contribution in [0.15, 0.2) is 24.5 Å². The number of nitrogens with zero attached hydrogens (tertiary/aromatic N) is 5. The third-order valence-electron chi connectivity index (χ3n) is 5.48. The highest BCUT2D eigenvalue weighted by molar-refractivity contribution is 5.94. The molecule has 1 aliphatic carbocycles. The van der Waals surface area contributed by atoms with Gasteiger partial charge in [0.2, 0.25) is 0 Å². The zero-order chi connectivity index (χ0) is 17.9. The van der Waals surface area contributed by atoms with Gasteiger partial charge in [0.15, 0.2) is 5.82 Å². The Morgan fingerprint density at radius 2 is 2.04 bits per heavy atom. The minimum atomic E-state index is 0.0430. The molecule has 4 rings (SSSR count). The number of pyridine rings is 1. The van der Waals surface area contributed by atoms with Crippen molar-refractivity contribution < 1.29 is 9.53 Å². The van der Waals surface area contributed by atoms with E-state index in [0.717, 1.165) is 24.2 Å². The van der Waals surface area contributed by atoms with E-state index in [0.29, 0.717) is 31.7 Å². The van der Waals surface area contributed by atoms with Gasteiger partial charge in [-0.2, -0.15) is 0 Å². The standard InChI is InChI=1S/C19H25N5O2/c1-14-11-17-21-22-18(13-26-12-15-3-2-4-15)24(17)10-9-23(14)19(25)16-5-7-20-8-6-16/h5-8,14-15H,2-4,9-13H2,1H3/t14-/m1/s1. The Hall–Kier alpha value is -2.28. The summed E-state index contributed by atoms with van der Waals surface area (Å²) in [6, 6.07) is 3.60. The summed E-state index contributed by atoms with van der Waals surface area (Å²) in [5.74, 6) is 2.56. The average Bonchev–Trinajstić information content (AvgIpc) is 2.91. The van der Waals surface area contributed by atoms with Crippen LogP contribution in [0.3, 0.4) is 0 Å². The molecule has 0 unspecified atom stereocenters. The molecule has 2 aromatic rings. The highest BCUT2D eigenvalue weighted by Gasteiger charge is 2.28. The van der Waals surface area contributed by atoms with Crippen molar-refractivity contribution in [1.29, 1.82) is 0 Å². The molecule has 26 heavy (non-hydrogen) atoms. The lowest BCUT2D eigenvalue weighted by molar-refractivity contribution is 0.0540. The fourth-order valence-corrected chi connectivity index (χ4v) is 3.63. The Bertz CT molecular complexity index is 757. The molecule has 0 aromatic carbocycles. The molecule has 0 bridgehead atoms. The number of ether oxygens (including phenoxy) is 1. The van der Waals surface area contributed by atoms with Crippen molar-refractivity contribution in [2.24, 2.45) is 5.92 Å². The van der Waals surface area contributed by atoms with Crippen molar-refractivity contribution in [2.45, 2.75) is 51.8 Å². The summed E-state index contributed by atoms with van der Waals surface area (Å²) in [5.41, 5.74) is 0.675. The van der Waals surface area contributed by atoms with Crippen molar-refractivity contribution >= 4 is 5.91 Å². The summed E-state index contributed by atoms with van der Waals surface area (Å²) in [4.78, 5) is 18.7. The summed E-state index contributed by atoms with van der Waals surface area (Å²) >= 11 is 0. The normalized spacial score (nSPS) is 20.3. The molecule has 3 heterocycles. The minimum absolute atomic E-state index is 0.0430. The van der Waals surface area contributed by atoms with Gasteiger partial charge < -0.3 is 14.2 Å². The van der Waals surface area contributed by atoms with E-state index in [9.17, 15) is 4.79 Å². The molecule has 0 saturated heterocycles. The van der Waals surface area contributed by atoms with Gasteiger partial charge in [0, 0.05) is 50.1 Å². The summed E-state index contributed by atoms with van der Waals surface area (Å²) in [6.07, 6.45) is 7.90. The van der Waals surface area contributed by atoms with Crippen molar-refractivity contribution in [3.63, 3.8) is 0 Å². The van der Waals surface area contributed by atoms with E-state index in [1.807, 2.05) is 4.90 Å². The fourth-order valence-electron chi connectivity index (χ4n) is 3.63. The van der Waals surface area contributed by atoms with Crippen LogP contribution in [0.25, 0.3) is 0 Å². The molecule has 0 N–H and O–H groups in total. The van der Waals surface area contributed by atoms with Crippen molar-refractivity contribution in [3.05, 3.63) is 41.7 Å². The van der Waals surface area contributed by atoms with E-state index >= 15 is 0 Å². The van der Waals surface area contributed by atoms with E-state index in [1.165, 1.54) is 19.3 Å². The lowest BCUT2D eigenvalue weighted by Crippen LogP contribution is -2.40. The highest BCUT2D eigenvalue weighted by Crippen LogP contribution is 2.26. The first-order valence-corrected chi connectivity index (χ1v) is 9.42. The van der Waals surface area contributed by atoms with Crippen LogP contribution in [0, 0.1) is 5.92 Å². The molecule has 0 spiro atoms. The molecule has 1 fully saturated rings. The Morgan fingerprint density at radius 3 is 2.77 bits per heavy atom. The number of carbonyl (C=O) groups excluding carboxylic acids is 1. The predicted octanol–water partition coefficient (Wildman–Crippen LogP) is 2.08. The van der Waals surface area contributed by atoms with E-state index in [1.54, 1.807) is 24.5 Å². The molecule has 2 aliphatic rings. The number of carbonyl (C=O) groups is 1. The monoisotopic (exact) mass is 355 g/mol. The van der Waals surface area contributed by atoms with Gasteiger partial charge in [-0.25, -0.2) is 0 Å². The Morgan fingerprint density at radius 1 is 1.23 bits per heavy atom. The van der Waals surface area contributed by atoms with Crippen LogP contribution in [0.2, 0.25) is 0 Å². The number of rotatable bonds is 5. The number of aromatic nitrogens is 4. The van der Waals surface area contributed by atoms with Crippen LogP contribution in [-0.4, -0.2) is 49.7 Å². The van der Waals surface area contributed by atoms with E-state index < -0.39 is 0 Å². The molecular weight excluding hydrogens is 330 g/mol. The average molecular weight is 355 g/mol. The molecule has 0 radical (unpaired) electrons. The summed E-state index contributed by atoms with van der Waals surface area (Å²) in [7, 11) is 0. The predicted molar refractivity (Wildman–Crippen MR) is 95.5 cm³/mol. The molecule has 138 valence electrons. The maximum Gasteiger partial charge on any atom is 0.254 e. The SMILES string of the molecule is C[C@@H]1Cc2nnc(COCC3CCC3)n2CCN1C(=O)c1ccncc1. The van der Waals surface area contributed by atoms with E-state index in [4.69, 9.17) is 4.74 Å². The molecule has 1 atom stereocenters. The van der Waals surface area contributed by atoms with Crippen LogP contribution >= 0.6 is 0 Å². The van der Waals surface area contributed by atoms with Crippen molar-refractivity contribution in [3.8, 4) is 0 Å². The molecular formula is C19H25N5O2. The maximum absolute atomic E-state index is 12.8. The first-order chi connectivity index (χ1) is 12.7. The van der Waals surface area contributed by atoms with Crippen LogP contribution < -0.4 is 0 Å². The van der Waals surface area contributed by atoms with Crippen molar-refractivity contribution in [1.82, 2.24) is 24.6 Å². The fraction of sp³-hybridized carbons (Fsp3) is 0.579. The van der Waals surface area contributed by atoms with Crippen LogP contribution in [0.5, 0.6) is 0 Å². The Balaban J connectivity index is 1.42. The summed E-state index contributed by atoms with van der Waals surface area (Å²) < 4.78 is 7.97. The third-order valence-corrected chi connectivity index (χ3v) is 5.48. The minimum Gasteiger partial charge on any atom is -0.373 e. The lowest BCUT2D eigenvalue weighted by Gasteiger charge is -2.26. The first-order valence-electron chi connectivity index (χ1n) is 9.42. The van der Waals surface area contributed by atoms with E-state index in [-0.39, 0.29) is 11.9 Å². The van der Waals surface area contributed by atoms with Crippen molar-refractivity contribution in [2.75, 3.05) is 13.2 Å². The number of amides is 1. The number of hydrogen-bond donors (Lipinski definition) is 0. The zero-order valence-corrected chi connectivity index (χ0v) is 15.2.